The third-order valence-electron chi connectivity index (χ3n) is 7.98. The van der Waals surface area contributed by atoms with Crippen LogP contribution in [0, 0.1) is 0 Å². The molecule has 4 atom stereocenters. The zero-order valence-electron chi connectivity index (χ0n) is 24.3. The van der Waals surface area contributed by atoms with Crippen molar-refractivity contribution in [1.29, 1.82) is 0 Å². The third-order valence-corrected chi connectivity index (χ3v) is 7.98. The first-order valence-electron chi connectivity index (χ1n) is 14.0. The lowest BCUT2D eigenvalue weighted by Gasteiger charge is -2.38. The number of nitrogens with zero attached hydrogens (tertiary/aromatic N) is 2. The predicted molar refractivity (Wildman–Crippen MR) is 157 cm³/mol. The van der Waals surface area contributed by atoms with Crippen molar-refractivity contribution in [2.24, 2.45) is 5.73 Å². The summed E-state index contributed by atoms with van der Waals surface area (Å²) in [6.07, 6.45) is 2.00. The number of carbonyl (C=O) groups is 3. The maximum Gasteiger partial charge on any atom is 0.257 e. The van der Waals surface area contributed by atoms with Crippen molar-refractivity contribution in [2.75, 3.05) is 5.32 Å². The molecule has 0 aliphatic carbocycles. The van der Waals surface area contributed by atoms with E-state index in [1.54, 1.807) is 19.1 Å². The number of aromatic nitrogens is 2. The van der Waals surface area contributed by atoms with E-state index in [1.807, 2.05) is 54.1 Å². The van der Waals surface area contributed by atoms with E-state index in [2.05, 4.69) is 34.9 Å². The van der Waals surface area contributed by atoms with Gasteiger partial charge in [-0.15, -0.1) is 0 Å². The minimum absolute atomic E-state index is 0.0508. The molecule has 4 rings (SSSR count). The number of aryl methyl sites for hydroxylation is 1. The number of nitrogens with one attached hydrogen (secondary N) is 3. The average molecular weight is 561 g/mol. The molecule has 1 aliphatic heterocycles. The molecule has 0 saturated heterocycles. The summed E-state index contributed by atoms with van der Waals surface area (Å²) in [4.78, 5) is 40.0. The topological polar surface area (TPSA) is 151 Å². The number of rotatable bonds is 10. The smallest absolute Gasteiger partial charge is 0.257 e. The maximum atomic E-state index is 14.0. The number of hydrogen-bond acceptors (Lipinski definition) is 6. The molecule has 218 valence electrons. The number of nitrogens with two attached hydrogens (primary N) is 1. The molecule has 10 nitrogen and oxygen atoms in total. The van der Waals surface area contributed by atoms with Gasteiger partial charge in [0.05, 0.1) is 23.9 Å². The first kappa shape index (κ1) is 29.8. The van der Waals surface area contributed by atoms with Crippen molar-refractivity contribution in [3.8, 4) is 0 Å². The van der Waals surface area contributed by atoms with E-state index in [-0.39, 0.29) is 23.6 Å². The van der Waals surface area contributed by atoms with E-state index in [0.29, 0.717) is 11.4 Å². The number of fused-ring (bicyclic) bond motifs is 1. The number of amides is 3. The predicted octanol–water partition coefficient (Wildman–Crippen LogP) is 3.12. The molecule has 0 radical (unpaired) electrons. The van der Waals surface area contributed by atoms with E-state index in [0.717, 1.165) is 24.0 Å². The van der Waals surface area contributed by atoms with Crippen molar-refractivity contribution in [2.45, 2.75) is 83.1 Å². The molecule has 1 aromatic heterocycles. The number of aliphatic hydroxyl groups is 1. The SMILES string of the molecule is CCc1ccc([C@@](CC)(NC(=O)c2cnn3c2N[C@@H](c2ccccc2)CC3(C)C)C(=O)N[C@H](C(N)=O)[C@@H](C)O)cc1. The number of hydrogen-bond donors (Lipinski definition) is 5. The minimum atomic E-state index is -1.57. The summed E-state index contributed by atoms with van der Waals surface area (Å²) in [5.41, 5.74) is 6.49. The van der Waals surface area contributed by atoms with Gasteiger partial charge in [-0.05, 0) is 56.7 Å². The summed E-state index contributed by atoms with van der Waals surface area (Å²) in [5, 5.41) is 23.7. The normalized spacial score (nSPS) is 18.6. The maximum absolute atomic E-state index is 14.0. The number of carbonyl (C=O) groups excluding carboxylic acids is 3. The van der Waals surface area contributed by atoms with Crippen LogP contribution in [0.1, 0.15) is 80.6 Å². The van der Waals surface area contributed by atoms with E-state index < -0.39 is 35.4 Å². The van der Waals surface area contributed by atoms with Gasteiger partial charge < -0.3 is 26.8 Å². The second-order valence-electron chi connectivity index (χ2n) is 11.3. The van der Waals surface area contributed by atoms with Gasteiger partial charge in [0.25, 0.3) is 11.8 Å². The van der Waals surface area contributed by atoms with Gasteiger partial charge >= 0.3 is 0 Å². The Kier molecular flexibility index (Phi) is 8.53. The fourth-order valence-corrected chi connectivity index (χ4v) is 5.49. The molecule has 0 bridgehead atoms. The minimum Gasteiger partial charge on any atom is -0.391 e. The quantitative estimate of drug-likeness (QED) is 0.257. The van der Waals surface area contributed by atoms with Gasteiger partial charge in [-0.25, -0.2) is 4.68 Å². The van der Waals surface area contributed by atoms with Crippen LogP contribution in [0.25, 0.3) is 0 Å². The molecule has 3 amide bonds. The number of anilines is 1. The van der Waals surface area contributed by atoms with Crippen LogP contribution in [0.3, 0.4) is 0 Å². The Hall–Kier alpha value is -4.18. The zero-order chi connectivity index (χ0) is 29.9. The molecule has 0 spiro atoms. The van der Waals surface area contributed by atoms with Gasteiger partial charge in [0.1, 0.15) is 23.0 Å². The fraction of sp³-hybridized carbons (Fsp3) is 0.419. The van der Waals surface area contributed by atoms with E-state index in [9.17, 15) is 19.5 Å². The molecule has 41 heavy (non-hydrogen) atoms. The Bertz CT molecular complexity index is 1400. The van der Waals surface area contributed by atoms with Crippen LogP contribution < -0.4 is 21.7 Å². The van der Waals surface area contributed by atoms with Crippen LogP contribution >= 0.6 is 0 Å². The third kappa shape index (κ3) is 5.83. The summed E-state index contributed by atoms with van der Waals surface area (Å²) in [7, 11) is 0. The Morgan fingerprint density at radius 1 is 1.15 bits per heavy atom. The van der Waals surface area contributed by atoms with E-state index in [4.69, 9.17) is 5.73 Å². The van der Waals surface area contributed by atoms with E-state index >= 15 is 0 Å². The molecular weight excluding hydrogens is 520 g/mol. The molecule has 6 N–H and O–H groups in total. The highest BCUT2D eigenvalue weighted by molar-refractivity contribution is 6.03. The Labute approximate surface area is 240 Å². The molecule has 1 aliphatic rings. The standard InChI is InChI=1S/C31H40N6O4/c1-6-20-13-15-22(16-14-20)31(7-2,29(41)35-25(19(3)38)26(32)39)36-28(40)23-18-33-37-27(23)34-24(17-30(37,4)5)21-11-9-8-10-12-21/h8-16,18-19,24-25,34,38H,6-7,17H2,1-5H3,(H2,32,39)(H,35,41)(H,36,40)/t19-,24-,25+,31-/m1/s1. The van der Waals surface area contributed by atoms with Crippen LogP contribution in [0.5, 0.6) is 0 Å². The first-order chi connectivity index (χ1) is 19.4. The van der Waals surface area contributed by atoms with Crippen LogP contribution in [0.15, 0.2) is 60.8 Å². The average Bonchev–Trinajstić information content (AvgIpc) is 3.40. The van der Waals surface area contributed by atoms with Crippen LogP contribution in [0.4, 0.5) is 5.82 Å². The lowest BCUT2D eigenvalue weighted by Crippen LogP contribution is -2.61. The molecule has 2 heterocycles. The molecule has 10 heteroatoms. The Morgan fingerprint density at radius 2 is 1.80 bits per heavy atom. The number of primary amides is 1. The van der Waals surface area contributed by atoms with Gasteiger partial charge in [0.2, 0.25) is 5.91 Å². The van der Waals surface area contributed by atoms with E-state index in [1.165, 1.54) is 13.1 Å². The van der Waals surface area contributed by atoms with Gasteiger partial charge in [-0.3, -0.25) is 14.4 Å². The summed E-state index contributed by atoms with van der Waals surface area (Å²) in [5.74, 6) is -1.49. The lowest BCUT2D eigenvalue weighted by atomic mass is 9.84. The summed E-state index contributed by atoms with van der Waals surface area (Å²) >= 11 is 0. The second kappa shape index (κ2) is 11.7. The molecule has 3 aromatic rings. The van der Waals surface area contributed by atoms with Gasteiger partial charge in [-0.1, -0.05) is 68.4 Å². The van der Waals surface area contributed by atoms with Crippen molar-refractivity contribution >= 4 is 23.5 Å². The first-order valence-corrected chi connectivity index (χ1v) is 14.0. The van der Waals surface area contributed by atoms with Crippen molar-refractivity contribution in [1.82, 2.24) is 20.4 Å². The van der Waals surface area contributed by atoms with Crippen LogP contribution in [-0.2, 0) is 27.1 Å². The largest absolute Gasteiger partial charge is 0.391 e. The highest BCUT2D eigenvalue weighted by atomic mass is 16.3. The van der Waals surface area contributed by atoms with Crippen LogP contribution in [-0.4, -0.2) is 44.8 Å². The van der Waals surface area contributed by atoms with Crippen molar-refractivity contribution in [3.63, 3.8) is 0 Å². The Balaban J connectivity index is 1.74. The molecular formula is C31H40N6O4. The molecule has 2 aromatic carbocycles. The molecule has 0 fully saturated rings. The molecule has 0 saturated carbocycles. The Morgan fingerprint density at radius 3 is 2.37 bits per heavy atom. The molecule has 0 unspecified atom stereocenters. The van der Waals surface area contributed by atoms with Gasteiger partial charge in [0, 0.05) is 0 Å². The highest BCUT2D eigenvalue weighted by Gasteiger charge is 2.44. The number of benzene rings is 2. The highest BCUT2D eigenvalue weighted by Crippen LogP contribution is 2.40. The summed E-state index contributed by atoms with van der Waals surface area (Å²) in [6.45, 7) is 9.31. The van der Waals surface area contributed by atoms with Gasteiger partial charge in [0.15, 0.2) is 0 Å². The van der Waals surface area contributed by atoms with Crippen LogP contribution in [0.2, 0.25) is 0 Å². The van der Waals surface area contributed by atoms with Crippen molar-refractivity contribution in [3.05, 3.63) is 83.0 Å². The monoisotopic (exact) mass is 560 g/mol. The second-order valence-corrected chi connectivity index (χ2v) is 11.3. The lowest BCUT2D eigenvalue weighted by molar-refractivity contribution is -0.134. The summed E-state index contributed by atoms with van der Waals surface area (Å²) < 4.78 is 1.81. The number of aliphatic hydroxyl groups excluding tert-OH is 1. The van der Waals surface area contributed by atoms with Crippen molar-refractivity contribution < 1.29 is 19.5 Å². The fourth-order valence-electron chi connectivity index (χ4n) is 5.49. The zero-order valence-corrected chi connectivity index (χ0v) is 24.3. The van der Waals surface area contributed by atoms with Gasteiger partial charge in [-0.2, -0.15) is 5.10 Å². The summed E-state index contributed by atoms with van der Waals surface area (Å²) in [6, 6.07) is 16.0.